The van der Waals surface area contributed by atoms with Crippen molar-refractivity contribution in [1.82, 2.24) is 0 Å². The standard InChI is InChI=1S/C19H13Cl2F2NO6/c20-11-3-1-10(2-4-11)16(25)30-15-14(29-17(26)19(15,22)23)9-28-18(27)24-13-7-5-12(21)6-8-13/h1-8,14-15H,9H2,(H,24,27). The molecule has 30 heavy (non-hydrogen) atoms. The third-order valence-corrected chi connectivity index (χ3v) is 4.51. The number of anilines is 1. The summed E-state index contributed by atoms with van der Waals surface area (Å²) < 4.78 is 42.5. The van der Waals surface area contributed by atoms with Gasteiger partial charge in [0.25, 0.3) is 0 Å². The molecule has 2 atom stereocenters. The Balaban J connectivity index is 1.64. The smallest absolute Gasteiger partial charge is 0.411 e. The molecule has 0 aliphatic carbocycles. The molecule has 2 unspecified atom stereocenters. The largest absolute Gasteiger partial charge is 0.450 e. The highest BCUT2D eigenvalue weighted by Gasteiger charge is 2.63. The van der Waals surface area contributed by atoms with Crippen molar-refractivity contribution >= 4 is 46.9 Å². The second-order valence-corrected chi connectivity index (χ2v) is 7.00. The van der Waals surface area contributed by atoms with Crippen LogP contribution in [0.25, 0.3) is 0 Å². The molecule has 0 radical (unpaired) electrons. The molecule has 2 aromatic rings. The van der Waals surface area contributed by atoms with Gasteiger partial charge in [0.05, 0.1) is 5.56 Å². The maximum Gasteiger partial charge on any atom is 0.411 e. The summed E-state index contributed by atoms with van der Waals surface area (Å²) in [4.78, 5) is 35.5. The Bertz CT molecular complexity index is 953. The minimum atomic E-state index is -4.11. The number of hydrogen-bond acceptors (Lipinski definition) is 6. The second kappa shape index (κ2) is 8.85. The lowest BCUT2D eigenvalue weighted by Crippen LogP contribution is -2.43. The summed E-state index contributed by atoms with van der Waals surface area (Å²) in [6.07, 6.45) is -4.97. The average Bonchev–Trinajstić information content (AvgIpc) is 2.91. The van der Waals surface area contributed by atoms with Gasteiger partial charge in [-0.25, -0.2) is 14.4 Å². The fraction of sp³-hybridized carbons (Fsp3) is 0.211. The molecule has 0 spiro atoms. The van der Waals surface area contributed by atoms with Gasteiger partial charge in [-0.1, -0.05) is 23.2 Å². The van der Waals surface area contributed by atoms with Crippen molar-refractivity contribution in [3.8, 4) is 0 Å². The Morgan fingerprint density at radius 3 is 2.20 bits per heavy atom. The van der Waals surface area contributed by atoms with Crippen LogP contribution < -0.4 is 5.32 Å². The number of rotatable bonds is 5. The highest BCUT2D eigenvalue weighted by atomic mass is 35.5. The van der Waals surface area contributed by atoms with Crippen LogP contribution >= 0.6 is 23.2 Å². The van der Waals surface area contributed by atoms with Gasteiger partial charge in [0.1, 0.15) is 6.61 Å². The number of carbonyl (C=O) groups is 3. The molecule has 0 bridgehead atoms. The number of hydrogen-bond donors (Lipinski definition) is 1. The van der Waals surface area contributed by atoms with E-state index in [2.05, 4.69) is 10.1 Å². The highest BCUT2D eigenvalue weighted by Crippen LogP contribution is 2.35. The molecule has 1 fully saturated rings. The van der Waals surface area contributed by atoms with Crippen molar-refractivity contribution in [3.63, 3.8) is 0 Å². The Morgan fingerprint density at radius 1 is 1.03 bits per heavy atom. The number of carbonyl (C=O) groups excluding carboxylic acids is 3. The topological polar surface area (TPSA) is 90.9 Å². The number of cyclic esters (lactones) is 1. The highest BCUT2D eigenvalue weighted by molar-refractivity contribution is 6.30. The fourth-order valence-corrected chi connectivity index (χ4v) is 2.77. The summed E-state index contributed by atoms with van der Waals surface area (Å²) in [7, 11) is 0. The lowest BCUT2D eigenvalue weighted by molar-refractivity contribution is -0.163. The molecule has 0 saturated carbocycles. The van der Waals surface area contributed by atoms with E-state index in [4.69, 9.17) is 32.7 Å². The Hall–Kier alpha value is -2.91. The molecular weight excluding hydrogens is 447 g/mol. The maximum atomic E-state index is 14.2. The lowest BCUT2D eigenvalue weighted by Gasteiger charge is -2.20. The second-order valence-electron chi connectivity index (χ2n) is 6.13. The number of benzene rings is 2. The fourth-order valence-electron chi connectivity index (χ4n) is 2.51. The number of esters is 2. The van der Waals surface area contributed by atoms with Crippen molar-refractivity contribution in [2.45, 2.75) is 18.1 Å². The molecule has 1 saturated heterocycles. The first kappa shape index (κ1) is 21.8. The molecule has 1 aliphatic heterocycles. The summed E-state index contributed by atoms with van der Waals surface area (Å²) in [6.45, 7) is -0.765. The van der Waals surface area contributed by atoms with Crippen LogP contribution in [0.3, 0.4) is 0 Å². The summed E-state index contributed by atoms with van der Waals surface area (Å²) in [5, 5.41) is 3.12. The third-order valence-electron chi connectivity index (χ3n) is 4.01. The summed E-state index contributed by atoms with van der Waals surface area (Å²) >= 11 is 11.4. The zero-order valence-electron chi connectivity index (χ0n) is 14.9. The van der Waals surface area contributed by atoms with Crippen molar-refractivity contribution in [2.75, 3.05) is 11.9 Å². The van der Waals surface area contributed by atoms with Crippen LogP contribution in [0, 0.1) is 0 Å². The van der Waals surface area contributed by atoms with Crippen LogP contribution in [-0.2, 0) is 19.0 Å². The minimum Gasteiger partial charge on any atom is -0.450 e. The number of alkyl halides is 2. The first-order valence-electron chi connectivity index (χ1n) is 8.41. The molecule has 1 N–H and O–H groups in total. The molecule has 1 aliphatic rings. The van der Waals surface area contributed by atoms with Crippen molar-refractivity contribution in [3.05, 3.63) is 64.1 Å². The minimum absolute atomic E-state index is 0.0605. The van der Waals surface area contributed by atoms with Gasteiger partial charge in [0.2, 0.25) is 6.10 Å². The van der Waals surface area contributed by atoms with Gasteiger partial charge >= 0.3 is 24.0 Å². The molecule has 3 rings (SSSR count). The van der Waals surface area contributed by atoms with Gasteiger partial charge in [0, 0.05) is 15.7 Å². The first-order chi connectivity index (χ1) is 14.2. The summed E-state index contributed by atoms with van der Waals surface area (Å²) in [6, 6.07) is 11.3. The molecule has 1 amide bonds. The molecular formula is C19H13Cl2F2NO6. The van der Waals surface area contributed by atoms with E-state index in [0.29, 0.717) is 15.7 Å². The maximum absolute atomic E-state index is 14.2. The first-order valence-corrected chi connectivity index (χ1v) is 9.17. The Labute approximate surface area is 178 Å². The van der Waals surface area contributed by atoms with Gasteiger partial charge in [-0.3, -0.25) is 5.32 Å². The van der Waals surface area contributed by atoms with E-state index in [0.717, 1.165) is 0 Å². The van der Waals surface area contributed by atoms with E-state index in [9.17, 15) is 23.2 Å². The quantitative estimate of drug-likeness (QED) is 0.528. The van der Waals surface area contributed by atoms with Crippen LogP contribution in [0.4, 0.5) is 19.3 Å². The van der Waals surface area contributed by atoms with Gasteiger partial charge < -0.3 is 14.2 Å². The predicted octanol–water partition coefficient (Wildman–Crippen LogP) is 4.33. The molecule has 1 heterocycles. The van der Waals surface area contributed by atoms with Crippen LogP contribution in [0.5, 0.6) is 0 Å². The van der Waals surface area contributed by atoms with Crippen molar-refractivity contribution in [2.24, 2.45) is 0 Å². The van der Waals surface area contributed by atoms with Gasteiger partial charge in [-0.15, -0.1) is 0 Å². The van der Waals surface area contributed by atoms with E-state index in [-0.39, 0.29) is 5.56 Å². The summed E-state index contributed by atoms with van der Waals surface area (Å²) in [5.74, 6) is -7.11. The van der Waals surface area contributed by atoms with Crippen molar-refractivity contribution in [1.29, 1.82) is 0 Å². The van der Waals surface area contributed by atoms with E-state index < -0.39 is 42.8 Å². The zero-order chi connectivity index (χ0) is 21.9. The van der Waals surface area contributed by atoms with Gasteiger partial charge in [-0.2, -0.15) is 8.78 Å². The monoisotopic (exact) mass is 459 g/mol. The molecule has 2 aromatic carbocycles. The number of ether oxygens (including phenoxy) is 3. The Kier molecular flexibility index (Phi) is 6.42. The van der Waals surface area contributed by atoms with Crippen LogP contribution in [0.1, 0.15) is 10.4 Å². The van der Waals surface area contributed by atoms with Crippen LogP contribution in [0.15, 0.2) is 48.5 Å². The predicted molar refractivity (Wildman–Crippen MR) is 102 cm³/mol. The third kappa shape index (κ3) is 4.98. The zero-order valence-corrected chi connectivity index (χ0v) is 16.5. The van der Waals surface area contributed by atoms with E-state index in [1.807, 2.05) is 0 Å². The number of amides is 1. The Morgan fingerprint density at radius 2 is 1.60 bits per heavy atom. The average molecular weight is 460 g/mol. The lowest BCUT2D eigenvalue weighted by atomic mass is 10.1. The molecule has 11 heteroatoms. The normalized spacial score (nSPS) is 19.7. The van der Waals surface area contributed by atoms with E-state index >= 15 is 0 Å². The summed E-state index contributed by atoms with van der Waals surface area (Å²) in [5.41, 5.74) is 0.276. The number of halogens is 4. The van der Waals surface area contributed by atoms with E-state index in [1.165, 1.54) is 48.5 Å². The van der Waals surface area contributed by atoms with E-state index in [1.54, 1.807) is 0 Å². The van der Waals surface area contributed by atoms with Crippen molar-refractivity contribution < 1.29 is 37.4 Å². The van der Waals surface area contributed by atoms with Gasteiger partial charge in [-0.05, 0) is 48.5 Å². The molecule has 0 aromatic heterocycles. The molecule has 158 valence electrons. The number of nitrogens with one attached hydrogen (secondary N) is 1. The SMILES string of the molecule is O=C(Nc1ccc(Cl)cc1)OCC1OC(=O)C(F)(F)C1OC(=O)c1ccc(Cl)cc1. The molecule has 7 nitrogen and oxygen atoms in total. The van der Waals surface area contributed by atoms with Gasteiger partial charge in [0.15, 0.2) is 6.10 Å². The van der Waals surface area contributed by atoms with Crippen LogP contribution in [-0.4, -0.2) is 42.8 Å². The van der Waals surface area contributed by atoms with Crippen LogP contribution in [0.2, 0.25) is 10.0 Å².